The zero-order chi connectivity index (χ0) is 13.2. The molecule has 0 atom stereocenters. The van der Waals surface area contributed by atoms with Gasteiger partial charge >= 0.3 is 0 Å². The molecule has 2 nitrogen and oxygen atoms in total. The van der Waals surface area contributed by atoms with Crippen LogP contribution in [0.1, 0.15) is 18.1 Å². The largest absolute Gasteiger partial charge is 0.383 e. The average Bonchev–Trinajstić information content (AvgIpc) is 2.42. The Labute approximate surface area is 110 Å². The molecule has 0 unspecified atom stereocenters. The summed E-state index contributed by atoms with van der Waals surface area (Å²) in [6, 6.07) is 8.47. The van der Waals surface area contributed by atoms with Crippen LogP contribution in [0.15, 0.2) is 30.3 Å². The fourth-order valence-corrected chi connectivity index (χ4v) is 1.71. The fourth-order valence-electron chi connectivity index (χ4n) is 1.71. The standard InChI is InChI=1S/C16H21NO/c1-4-6-7-15-8-10-16(11-9-15)14-17(5-2)12-13-18-3/h1,6-11H,5,12-14H2,2-3H3/b7-6+. The number of benzene rings is 1. The maximum Gasteiger partial charge on any atom is 0.0589 e. The zero-order valence-electron chi connectivity index (χ0n) is 11.2. The Kier molecular flexibility index (Phi) is 6.86. The summed E-state index contributed by atoms with van der Waals surface area (Å²) in [6.07, 6.45) is 8.83. The second kappa shape index (κ2) is 8.52. The normalized spacial score (nSPS) is 11.0. The molecular formula is C16H21NO. The molecule has 1 rings (SSSR count). The van der Waals surface area contributed by atoms with Crippen molar-refractivity contribution < 1.29 is 4.74 Å². The number of ether oxygens (including phenoxy) is 1. The molecule has 0 radical (unpaired) electrons. The minimum atomic E-state index is 0.775. The lowest BCUT2D eigenvalue weighted by Gasteiger charge is -2.19. The van der Waals surface area contributed by atoms with Gasteiger partial charge < -0.3 is 4.74 Å². The molecule has 1 aromatic carbocycles. The number of rotatable bonds is 7. The van der Waals surface area contributed by atoms with Gasteiger partial charge in [-0.3, -0.25) is 4.90 Å². The summed E-state index contributed by atoms with van der Waals surface area (Å²) in [4.78, 5) is 2.36. The number of likely N-dealkylation sites (N-methyl/N-ethyl adjacent to an activating group) is 1. The number of methoxy groups -OCH3 is 1. The molecule has 96 valence electrons. The molecule has 0 bridgehead atoms. The van der Waals surface area contributed by atoms with Crippen molar-refractivity contribution in [1.29, 1.82) is 0 Å². The number of hydrogen-bond acceptors (Lipinski definition) is 2. The van der Waals surface area contributed by atoms with Crippen molar-refractivity contribution in [3.05, 3.63) is 41.5 Å². The average molecular weight is 243 g/mol. The van der Waals surface area contributed by atoms with Gasteiger partial charge in [0, 0.05) is 20.2 Å². The van der Waals surface area contributed by atoms with E-state index in [-0.39, 0.29) is 0 Å². The van der Waals surface area contributed by atoms with E-state index in [0.29, 0.717) is 0 Å². The summed E-state index contributed by atoms with van der Waals surface area (Å²) in [5.74, 6) is 2.49. The highest BCUT2D eigenvalue weighted by Crippen LogP contribution is 2.08. The molecular weight excluding hydrogens is 222 g/mol. The third-order valence-electron chi connectivity index (χ3n) is 2.82. The van der Waals surface area contributed by atoms with Crippen molar-refractivity contribution in [1.82, 2.24) is 4.90 Å². The van der Waals surface area contributed by atoms with Crippen LogP contribution < -0.4 is 0 Å². The van der Waals surface area contributed by atoms with E-state index in [9.17, 15) is 0 Å². The van der Waals surface area contributed by atoms with Crippen LogP contribution in [-0.4, -0.2) is 31.7 Å². The van der Waals surface area contributed by atoms with Crippen molar-refractivity contribution in [2.75, 3.05) is 26.8 Å². The van der Waals surface area contributed by atoms with E-state index in [4.69, 9.17) is 11.2 Å². The quantitative estimate of drug-likeness (QED) is 0.683. The van der Waals surface area contributed by atoms with Crippen LogP contribution in [0.3, 0.4) is 0 Å². The molecule has 0 aliphatic rings. The minimum absolute atomic E-state index is 0.775. The first-order valence-corrected chi connectivity index (χ1v) is 6.23. The Balaban J connectivity index is 2.56. The summed E-state index contributed by atoms with van der Waals surface area (Å²) in [6.45, 7) is 5.89. The first-order valence-electron chi connectivity index (χ1n) is 6.23. The molecule has 0 saturated carbocycles. The first kappa shape index (κ1) is 14.5. The van der Waals surface area contributed by atoms with Crippen molar-refractivity contribution >= 4 is 6.08 Å². The van der Waals surface area contributed by atoms with E-state index in [2.05, 4.69) is 42.0 Å². The third-order valence-corrected chi connectivity index (χ3v) is 2.82. The maximum absolute atomic E-state index is 5.18. The van der Waals surface area contributed by atoms with Crippen LogP contribution in [0.4, 0.5) is 0 Å². The molecule has 0 N–H and O–H groups in total. The van der Waals surface area contributed by atoms with Gasteiger partial charge in [0.05, 0.1) is 6.61 Å². The summed E-state index contributed by atoms with van der Waals surface area (Å²) in [5.41, 5.74) is 2.45. The first-order chi connectivity index (χ1) is 8.80. The predicted molar refractivity (Wildman–Crippen MR) is 77.1 cm³/mol. The Morgan fingerprint density at radius 3 is 2.61 bits per heavy atom. The van der Waals surface area contributed by atoms with Crippen molar-refractivity contribution in [3.8, 4) is 12.3 Å². The van der Waals surface area contributed by atoms with Gasteiger partial charge in [0.2, 0.25) is 0 Å². The summed E-state index contributed by atoms with van der Waals surface area (Å²) >= 11 is 0. The van der Waals surface area contributed by atoms with E-state index < -0.39 is 0 Å². The minimum Gasteiger partial charge on any atom is -0.383 e. The molecule has 0 spiro atoms. The smallest absolute Gasteiger partial charge is 0.0589 e. The maximum atomic E-state index is 5.18. The number of allylic oxidation sites excluding steroid dienone is 1. The molecule has 0 fully saturated rings. The van der Waals surface area contributed by atoms with Gasteiger partial charge in [0.1, 0.15) is 0 Å². The van der Waals surface area contributed by atoms with Crippen LogP contribution >= 0.6 is 0 Å². The third kappa shape index (κ3) is 5.18. The number of terminal acetylenes is 1. The molecule has 0 aliphatic heterocycles. The molecule has 0 amide bonds. The van der Waals surface area contributed by atoms with Crippen molar-refractivity contribution in [2.45, 2.75) is 13.5 Å². The lowest BCUT2D eigenvalue weighted by atomic mass is 10.1. The predicted octanol–water partition coefficient (Wildman–Crippen LogP) is 2.80. The molecule has 0 aromatic heterocycles. The van der Waals surface area contributed by atoms with E-state index in [1.54, 1.807) is 13.2 Å². The highest BCUT2D eigenvalue weighted by Gasteiger charge is 2.02. The number of nitrogens with zero attached hydrogens (tertiary/aromatic N) is 1. The van der Waals surface area contributed by atoms with Gasteiger partial charge in [0.25, 0.3) is 0 Å². The van der Waals surface area contributed by atoms with E-state index in [0.717, 1.165) is 31.8 Å². The highest BCUT2D eigenvalue weighted by atomic mass is 16.5. The van der Waals surface area contributed by atoms with Crippen LogP contribution in [0.25, 0.3) is 6.08 Å². The van der Waals surface area contributed by atoms with E-state index >= 15 is 0 Å². The van der Waals surface area contributed by atoms with Gasteiger partial charge in [-0.05, 0) is 29.8 Å². The highest BCUT2D eigenvalue weighted by molar-refractivity contribution is 5.52. The van der Waals surface area contributed by atoms with Gasteiger partial charge in [-0.25, -0.2) is 0 Å². The molecule has 18 heavy (non-hydrogen) atoms. The molecule has 2 heteroatoms. The Hall–Kier alpha value is -1.56. The van der Waals surface area contributed by atoms with E-state index in [1.807, 2.05) is 6.08 Å². The SMILES string of the molecule is C#C/C=C/c1ccc(CN(CC)CCOC)cc1. The van der Waals surface area contributed by atoms with Gasteiger partial charge in [-0.15, -0.1) is 6.42 Å². The lowest BCUT2D eigenvalue weighted by Crippen LogP contribution is -2.26. The fraction of sp³-hybridized carbons (Fsp3) is 0.375. The Bertz CT molecular complexity index is 400. The van der Waals surface area contributed by atoms with Crippen LogP contribution in [-0.2, 0) is 11.3 Å². The van der Waals surface area contributed by atoms with Gasteiger partial charge in [-0.2, -0.15) is 0 Å². The van der Waals surface area contributed by atoms with Crippen molar-refractivity contribution in [3.63, 3.8) is 0 Å². The van der Waals surface area contributed by atoms with Crippen molar-refractivity contribution in [2.24, 2.45) is 0 Å². The van der Waals surface area contributed by atoms with Gasteiger partial charge in [-0.1, -0.05) is 37.1 Å². The lowest BCUT2D eigenvalue weighted by molar-refractivity contribution is 0.147. The van der Waals surface area contributed by atoms with Crippen LogP contribution in [0.5, 0.6) is 0 Å². The molecule has 1 aromatic rings. The van der Waals surface area contributed by atoms with Crippen LogP contribution in [0, 0.1) is 12.3 Å². The molecule has 0 heterocycles. The van der Waals surface area contributed by atoms with Gasteiger partial charge in [0.15, 0.2) is 0 Å². The number of hydrogen-bond donors (Lipinski definition) is 0. The second-order valence-electron chi connectivity index (χ2n) is 4.10. The topological polar surface area (TPSA) is 12.5 Å². The zero-order valence-corrected chi connectivity index (χ0v) is 11.2. The second-order valence-corrected chi connectivity index (χ2v) is 4.10. The van der Waals surface area contributed by atoms with E-state index in [1.165, 1.54) is 5.56 Å². The summed E-state index contributed by atoms with van der Waals surface area (Å²) in [5, 5.41) is 0. The molecule has 0 aliphatic carbocycles. The monoisotopic (exact) mass is 243 g/mol. The van der Waals surface area contributed by atoms with Crippen LogP contribution in [0.2, 0.25) is 0 Å². The summed E-state index contributed by atoms with van der Waals surface area (Å²) in [7, 11) is 1.74. The molecule has 0 saturated heterocycles. The Morgan fingerprint density at radius 2 is 2.06 bits per heavy atom. The summed E-state index contributed by atoms with van der Waals surface area (Å²) < 4.78 is 5.11. The Morgan fingerprint density at radius 1 is 1.33 bits per heavy atom.